The molecule has 0 saturated heterocycles. The lowest BCUT2D eigenvalue weighted by Crippen LogP contribution is -2.45. The summed E-state index contributed by atoms with van der Waals surface area (Å²) < 4.78 is 5.44. The molecule has 6 nitrogen and oxygen atoms in total. The molecule has 56 heavy (non-hydrogen) atoms. The number of rotatable bonds is 44. The molecule has 0 bridgehead atoms. The molecule has 0 fully saturated rings. The van der Waals surface area contributed by atoms with Crippen molar-refractivity contribution >= 4 is 11.9 Å². The van der Waals surface area contributed by atoms with Gasteiger partial charge in [-0.05, 0) is 83.5 Å². The minimum absolute atomic E-state index is 0.0230. The van der Waals surface area contributed by atoms with E-state index < -0.39 is 12.1 Å². The topological polar surface area (TPSA) is 95.9 Å². The SMILES string of the molecule is CCCCCCCC/C=C\CCCCCCCC(=O)OCCCCCCCC/C=C\CCCCCC(=O)NC(CO)C(O)/C=C/CCCCCCCCCCC. The van der Waals surface area contributed by atoms with E-state index in [1.54, 1.807) is 6.08 Å². The van der Waals surface area contributed by atoms with Crippen molar-refractivity contribution in [3.63, 3.8) is 0 Å². The molecule has 2 atom stereocenters. The smallest absolute Gasteiger partial charge is 0.305 e. The summed E-state index contributed by atoms with van der Waals surface area (Å²) in [5, 5.41) is 22.9. The predicted molar refractivity (Wildman–Crippen MR) is 241 cm³/mol. The molecule has 0 saturated carbocycles. The molecule has 0 aromatic heterocycles. The molecule has 2 unspecified atom stereocenters. The fourth-order valence-electron chi connectivity index (χ4n) is 7.09. The van der Waals surface area contributed by atoms with Crippen LogP contribution in [-0.2, 0) is 14.3 Å². The second-order valence-electron chi connectivity index (χ2n) is 16.4. The summed E-state index contributed by atoms with van der Waals surface area (Å²) in [5.41, 5.74) is 0. The van der Waals surface area contributed by atoms with Gasteiger partial charge in [-0.15, -0.1) is 0 Å². The molecule has 0 aliphatic rings. The summed E-state index contributed by atoms with van der Waals surface area (Å²) in [7, 11) is 0. The average molecular weight is 788 g/mol. The number of hydrogen-bond donors (Lipinski definition) is 3. The van der Waals surface area contributed by atoms with Crippen molar-refractivity contribution in [2.75, 3.05) is 13.2 Å². The van der Waals surface area contributed by atoms with Crippen molar-refractivity contribution < 1.29 is 24.5 Å². The maximum absolute atomic E-state index is 12.4. The summed E-state index contributed by atoms with van der Waals surface area (Å²) in [6, 6.07) is -0.647. The Kier molecular flexibility index (Phi) is 44.2. The fraction of sp³-hybridized carbons (Fsp3) is 0.840. The van der Waals surface area contributed by atoms with Gasteiger partial charge < -0.3 is 20.3 Å². The predicted octanol–water partition coefficient (Wildman–Crippen LogP) is 14.1. The van der Waals surface area contributed by atoms with Gasteiger partial charge in [0.1, 0.15) is 0 Å². The Morgan fingerprint density at radius 2 is 0.839 bits per heavy atom. The van der Waals surface area contributed by atoms with Gasteiger partial charge in [0.05, 0.1) is 25.4 Å². The molecular weight excluding hydrogens is 695 g/mol. The molecule has 0 aliphatic carbocycles. The molecule has 3 N–H and O–H groups in total. The average Bonchev–Trinajstić information content (AvgIpc) is 3.20. The number of allylic oxidation sites excluding steroid dienone is 5. The first-order valence-electron chi connectivity index (χ1n) is 24.3. The number of nitrogens with one attached hydrogen (secondary N) is 1. The van der Waals surface area contributed by atoms with Gasteiger partial charge in [-0.2, -0.15) is 0 Å². The van der Waals surface area contributed by atoms with Gasteiger partial charge in [-0.1, -0.05) is 185 Å². The largest absolute Gasteiger partial charge is 0.466 e. The van der Waals surface area contributed by atoms with Crippen LogP contribution in [-0.4, -0.2) is 47.4 Å². The highest BCUT2D eigenvalue weighted by molar-refractivity contribution is 5.76. The van der Waals surface area contributed by atoms with Crippen LogP contribution in [0.15, 0.2) is 36.5 Å². The summed E-state index contributed by atoms with van der Waals surface area (Å²) in [4.78, 5) is 24.4. The zero-order chi connectivity index (χ0) is 40.8. The molecule has 328 valence electrons. The summed E-state index contributed by atoms with van der Waals surface area (Å²) in [6.45, 7) is 4.82. The van der Waals surface area contributed by atoms with Crippen molar-refractivity contribution in [3.05, 3.63) is 36.5 Å². The second kappa shape index (κ2) is 45.8. The highest BCUT2D eigenvalue weighted by Crippen LogP contribution is 2.14. The van der Waals surface area contributed by atoms with Gasteiger partial charge in [-0.3, -0.25) is 9.59 Å². The van der Waals surface area contributed by atoms with Gasteiger partial charge in [0.15, 0.2) is 0 Å². The number of carbonyl (C=O) groups is 2. The maximum atomic E-state index is 12.4. The van der Waals surface area contributed by atoms with E-state index in [9.17, 15) is 19.8 Å². The van der Waals surface area contributed by atoms with Crippen LogP contribution in [0.1, 0.15) is 245 Å². The number of carbonyl (C=O) groups excluding carboxylic acids is 2. The molecule has 0 rings (SSSR count). The van der Waals surface area contributed by atoms with E-state index in [1.807, 2.05) is 6.08 Å². The van der Waals surface area contributed by atoms with Crippen molar-refractivity contribution in [2.45, 2.75) is 257 Å². The van der Waals surface area contributed by atoms with Crippen LogP contribution in [0.25, 0.3) is 0 Å². The van der Waals surface area contributed by atoms with Gasteiger partial charge in [0, 0.05) is 12.8 Å². The first-order chi connectivity index (χ1) is 27.5. The number of unbranched alkanes of at least 4 members (excludes halogenated alkanes) is 29. The Hall–Kier alpha value is -1.92. The Morgan fingerprint density at radius 1 is 0.482 bits per heavy atom. The van der Waals surface area contributed by atoms with E-state index in [4.69, 9.17) is 4.74 Å². The fourth-order valence-corrected chi connectivity index (χ4v) is 7.09. The van der Waals surface area contributed by atoms with Gasteiger partial charge in [0.2, 0.25) is 5.91 Å². The third kappa shape index (κ3) is 41.7. The van der Waals surface area contributed by atoms with E-state index in [1.165, 1.54) is 148 Å². The molecule has 6 heteroatoms. The van der Waals surface area contributed by atoms with Crippen molar-refractivity contribution in [1.29, 1.82) is 0 Å². The quantitative estimate of drug-likeness (QED) is 0.0325. The standard InChI is InChI=1S/C50H93NO5/c1-3-5-7-9-11-13-15-16-17-20-24-28-32-36-40-44-50(55)56-45-41-37-33-29-25-21-18-19-23-27-31-35-39-43-49(54)51-47(46-52)48(53)42-38-34-30-26-22-14-12-10-8-6-4-2/h16-17,19,23,38,42,47-48,52-53H,3-15,18,20-22,24-37,39-41,43-46H2,1-2H3,(H,51,54)/b17-16-,23-19-,42-38+. The Morgan fingerprint density at radius 3 is 1.29 bits per heavy atom. The molecule has 0 radical (unpaired) electrons. The molecule has 0 aliphatic heterocycles. The number of aliphatic hydroxyl groups excluding tert-OH is 2. The molecule has 0 spiro atoms. The zero-order valence-electron chi connectivity index (χ0n) is 37.1. The molecule has 0 aromatic carbocycles. The van der Waals surface area contributed by atoms with Crippen LogP contribution in [0.3, 0.4) is 0 Å². The van der Waals surface area contributed by atoms with Gasteiger partial charge >= 0.3 is 5.97 Å². The lowest BCUT2D eigenvalue weighted by Gasteiger charge is -2.19. The highest BCUT2D eigenvalue weighted by atomic mass is 16.5. The number of hydrogen-bond acceptors (Lipinski definition) is 5. The second-order valence-corrected chi connectivity index (χ2v) is 16.4. The van der Waals surface area contributed by atoms with Crippen LogP contribution >= 0.6 is 0 Å². The first-order valence-corrected chi connectivity index (χ1v) is 24.3. The van der Waals surface area contributed by atoms with Crippen LogP contribution in [0, 0.1) is 0 Å². The van der Waals surface area contributed by atoms with E-state index >= 15 is 0 Å². The highest BCUT2D eigenvalue weighted by Gasteiger charge is 2.18. The monoisotopic (exact) mass is 788 g/mol. The van der Waals surface area contributed by atoms with E-state index in [-0.39, 0.29) is 18.5 Å². The number of amides is 1. The molecule has 0 heterocycles. The first kappa shape index (κ1) is 54.1. The van der Waals surface area contributed by atoms with Crippen LogP contribution in [0.2, 0.25) is 0 Å². The van der Waals surface area contributed by atoms with Crippen LogP contribution < -0.4 is 5.32 Å². The summed E-state index contributed by atoms with van der Waals surface area (Å²) in [6.07, 6.45) is 54.2. The summed E-state index contributed by atoms with van der Waals surface area (Å²) in [5.74, 6) is -0.124. The number of ether oxygens (including phenoxy) is 1. The van der Waals surface area contributed by atoms with E-state index in [0.717, 1.165) is 70.6 Å². The molecule has 0 aromatic rings. The zero-order valence-corrected chi connectivity index (χ0v) is 37.1. The lowest BCUT2D eigenvalue weighted by molar-refractivity contribution is -0.143. The van der Waals surface area contributed by atoms with E-state index in [0.29, 0.717) is 19.4 Å². The molecular formula is C50H93NO5. The number of aliphatic hydroxyl groups is 2. The van der Waals surface area contributed by atoms with Crippen molar-refractivity contribution in [1.82, 2.24) is 5.32 Å². The van der Waals surface area contributed by atoms with Crippen LogP contribution in [0.5, 0.6) is 0 Å². The van der Waals surface area contributed by atoms with Crippen molar-refractivity contribution in [3.8, 4) is 0 Å². The Bertz CT molecular complexity index is 915. The van der Waals surface area contributed by atoms with Crippen molar-refractivity contribution in [2.24, 2.45) is 0 Å². The normalized spacial score (nSPS) is 13.0. The van der Waals surface area contributed by atoms with Gasteiger partial charge in [0.25, 0.3) is 0 Å². The third-order valence-corrected chi connectivity index (χ3v) is 10.9. The maximum Gasteiger partial charge on any atom is 0.305 e. The molecule has 1 amide bonds. The minimum atomic E-state index is -0.860. The number of esters is 1. The Balaban J connectivity index is 3.53. The lowest BCUT2D eigenvalue weighted by atomic mass is 10.1. The minimum Gasteiger partial charge on any atom is -0.466 e. The van der Waals surface area contributed by atoms with E-state index in [2.05, 4.69) is 43.5 Å². The Labute approximate surface area is 347 Å². The van der Waals surface area contributed by atoms with Crippen LogP contribution in [0.4, 0.5) is 0 Å². The summed E-state index contributed by atoms with van der Waals surface area (Å²) >= 11 is 0. The third-order valence-electron chi connectivity index (χ3n) is 10.9. The van der Waals surface area contributed by atoms with Gasteiger partial charge in [-0.25, -0.2) is 0 Å².